The summed E-state index contributed by atoms with van der Waals surface area (Å²) in [5, 5.41) is 2.02. The molecule has 0 aliphatic heterocycles. The van der Waals surface area contributed by atoms with E-state index in [9.17, 15) is 0 Å². The predicted molar refractivity (Wildman–Crippen MR) is 69.8 cm³/mol. The molecular formula is C12H8BrNOS. The SMILES string of the molecule is Cc1cc(Br)c2oc(-c3cccs3)nc2c1. The van der Waals surface area contributed by atoms with Gasteiger partial charge in [-0.15, -0.1) is 11.3 Å². The molecule has 0 amide bonds. The third-order valence-corrected chi connectivity index (χ3v) is 3.77. The monoisotopic (exact) mass is 293 g/mol. The minimum absolute atomic E-state index is 0.691. The number of benzene rings is 1. The first kappa shape index (κ1) is 10.1. The van der Waals surface area contributed by atoms with Crippen molar-refractivity contribution in [3.05, 3.63) is 39.7 Å². The molecule has 0 bridgehead atoms. The first-order chi connectivity index (χ1) is 7.74. The van der Waals surface area contributed by atoms with Crippen molar-refractivity contribution in [1.82, 2.24) is 4.98 Å². The molecule has 16 heavy (non-hydrogen) atoms. The molecule has 3 rings (SSSR count). The largest absolute Gasteiger partial charge is 0.434 e. The summed E-state index contributed by atoms with van der Waals surface area (Å²) >= 11 is 5.12. The van der Waals surface area contributed by atoms with E-state index in [0.717, 1.165) is 20.4 Å². The van der Waals surface area contributed by atoms with Crippen LogP contribution >= 0.6 is 27.3 Å². The number of thiophene rings is 1. The van der Waals surface area contributed by atoms with E-state index in [2.05, 4.69) is 20.9 Å². The summed E-state index contributed by atoms with van der Waals surface area (Å²) in [6.45, 7) is 2.05. The second kappa shape index (κ2) is 3.71. The minimum Gasteiger partial charge on any atom is -0.434 e. The minimum atomic E-state index is 0.691. The Morgan fingerprint density at radius 2 is 2.25 bits per heavy atom. The Kier molecular flexibility index (Phi) is 2.33. The zero-order valence-corrected chi connectivity index (χ0v) is 10.9. The van der Waals surface area contributed by atoms with Crippen molar-refractivity contribution < 1.29 is 4.42 Å². The van der Waals surface area contributed by atoms with Crippen molar-refractivity contribution in [2.75, 3.05) is 0 Å². The van der Waals surface area contributed by atoms with E-state index in [1.54, 1.807) is 11.3 Å². The highest BCUT2D eigenvalue weighted by atomic mass is 79.9. The van der Waals surface area contributed by atoms with Crippen LogP contribution in [0.5, 0.6) is 0 Å². The van der Waals surface area contributed by atoms with Crippen molar-refractivity contribution >= 4 is 38.4 Å². The second-order valence-electron chi connectivity index (χ2n) is 3.59. The normalized spacial score (nSPS) is 11.1. The summed E-state index contributed by atoms with van der Waals surface area (Å²) in [5.41, 5.74) is 2.88. The van der Waals surface area contributed by atoms with E-state index < -0.39 is 0 Å². The molecule has 0 N–H and O–H groups in total. The predicted octanol–water partition coefficient (Wildman–Crippen LogP) is 4.63. The molecule has 0 fully saturated rings. The Labute approximate surface area is 105 Å². The van der Waals surface area contributed by atoms with Crippen LogP contribution in [0, 0.1) is 6.92 Å². The van der Waals surface area contributed by atoms with E-state index in [-0.39, 0.29) is 0 Å². The highest BCUT2D eigenvalue weighted by Crippen LogP contribution is 2.32. The lowest BCUT2D eigenvalue weighted by molar-refractivity contribution is 0.620. The number of hydrogen-bond acceptors (Lipinski definition) is 3. The number of aryl methyl sites for hydroxylation is 1. The van der Waals surface area contributed by atoms with Crippen LogP contribution in [-0.2, 0) is 0 Å². The zero-order chi connectivity index (χ0) is 11.1. The average molecular weight is 294 g/mol. The number of hydrogen-bond donors (Lipinski definition) is 0. The smallest absolute Gasteiger partial charge is 0.237 e. The Balaban J connectivity index is 2.27. The highest BCUT2D eigenvalue weighted by molar-refractivity contribution is 9.10. The number of nitrogens with zero attached hydrogens (tertiary/aromatic N) is 1. The van der Waals surface area contributed by atoms with Crippen molar-refractivity contribution in [3.8, 4) is 10.8 Å². The second-order valence-corrected chi connectivity index (χ2v) is 5.39. The molecular weight excluding hydrogens is 286 g/mol. The summed E-state index contributed by atoms with van der Waals surface area (Å²) in [6.07, 6.45) is 0. The van der Waals surface area contributed by atoms with Crippen LogP contribution in [0.3, 0.4) is 0 Å². The molecule has 0 spiro atoms. The van der Waals surface area contributed by atoms with E-state index in [4.69, 9.17) is 4.42 Å². The molecule has 2 nitrogen and oxygen atoms in total. The van der Waals surface area contributed by atoms with Gasteiger partial charge in [-0.1, -0.05) is 6.07 Å². The van der Waals surface area contributed by atoms with Gasteiger partial charge in [0, 0.05) is 0 Å². The Hall–Kier alpha value is -1.13. The molecule has 3 aromatic rings. The molecule has 0 saturated heterocycles. The van der Waals surface area contributed by atoms with E-state index in [1.165, 1.54) is 5.56 Å². The van der Waals surface area contributed by atoms with Gasteiger partial charge in [0.05, 0.1) is 9.35 Å². The first-order valence-corrected chi connectivity index (χ1v) is 6.52. The Morgan fingerprint density at radius 3 is 3.00 bits per heavy atom. The summed E-state index contributed by atoms with van der Waals surface area (Å²) in [6, 6.07) is 8.07. The Bertz CT molecular complexity index is 642. The first-order valence-electron chi connectivity index (χ1n) is 4.84. The molecule has 0 aliphatic carbocycles. The van der Waals surface area contributed by atoms with Crippen molar-refractivity contribution in [2.24, 2.45) is 0 Å². The molecule has 0 saturated carbocycles. The molecule has 80 valence electrons. The van der Waals surface area contributed by atoms with Crippen LogP contribution < -0.4 is 0 Å². The van der Waals surface area contributed by atoms with Gasteiger partial charge in [0.2, 0.25) is 5.89 Å². The highest BCUT2D eigenvalue weighted by Gasteiger charge is 2.11. The standard InChI is InChI=1S/C12H8BrNOS/c1-7-5-8(13)11-9(6-7)14-12(15-11)10-3-2-4-16-10/h2-6H,1H3. The summed E-state index contributed by atoms with van der Waals surface area (Å²) in [5.74, 6) is 0.691. The van der Waals surface area contributed by atoms with Crippen molar-refractivity contribution in [1.29, 1.82) is 0 Å². The molecule has 1 aromatic carbocycles. The molecule has 0 atom stereocenters. The zero-order valence-electron chi connectivity index (χ0n) is 8.53. The third kappa shape index (κ3) is 1.58. The van der Waals surface area contributed by atoms with Crippen LogP contribution in [0.4, 0.5) is 0 Å². The van der Waals surface area contributed by atoms with Crippen LogP contribution in [-0.4, -0.2) is 4.98 Å². The molecule has 4 heteroatoms. The summed E-state index contributed by atoms with van der Waals surface area (Å²) < 4.78 is 6.71. The van der Waals surface area contributed by atoms with Gasteiger partial charge in [-0.3, -0.25) is 0 Å². The van der Waals surface area contributed by atoms with Gasteiger partial charge >= 0.3 is 0 Å². The van der Waals surface area contributed by atoms with Gasteiger partial charge in [0.25, 0.3) is 0 Å². The fourth-order valence-corrected chi connectivity index (χ4v) is 2.92. The van der Waals surface area contributed by atoms with Gasteiger partial charge in [0.1, 0.15) is 5.52 Å². The lowest BCUT2D eigenvalue weighted by atomic mass is 10.2. The van der Waals surface area contributed by atoms with E-state index in [1.807, 2.05) is 36.6 Å². The maximum Gasteiger partial charge on any atom is 0.237 e. The third-order valence-electron chi connectivity index (χ3n) is 2.32. The number of aromatic nitrogens is 1. The van der Waals surface area contributed by atoms with Crippen LogP contribution in [0.25, 0.3) is 21.9 Å². The van der Waals surface area contributed by atoms with Gasteiger partial charge in [-0.25, -0.2) is 4.98 Å². The number of oxazole rings is 1. The summed E-state index contributed by atoms with van der Waals surface area (Å²) in [7, 11) is 0. The maximum atomic E-state index is 5.75. The summed E-state index contributed by atoms with van der Waals surface area (Å²) in [4.78, 5) is 5.55. The van der Waals surface area contributed by atoms with Gasteiger partial charge < -0.3 is 4.42 Å². The van der Waals surface area contributed by atoms with Crippen molar-refractivity contribution in [3.63, 3.8) is 0 Å². The van der Waals surface area contributed by atoms with E-state index in [0.29, 0.717) is 5.89 Å². The van der Waals surface area contributed by atoms with Crippen LogP contribution in [0.2, 0.25) is 0 Å². The van der Waals surface area contributed by atoms with Gasteiger partial charge in [-0.05, 0) is 52.0 Å². The molecule has 2 aromatic heterocycles. The molecule has 2 heterocycles. The lowest BCUT2D eigenvalue weighted by Crippen LogP contribution is -1.74. The van der Waals surface area contributed by atoms with Gasteiger partial charge in [-0.2, -0.15) is 0 Å². The number of fused-ring (bicyclic) bond motifs is 1. The average Bonchev–Trinajstić information content (AvgIpc) is 2.82. The van der Waals surface area contributed by atoms with Crippen LogP contribution in [0.15, 0.2) is 38.5 Å². The molecule has 0 radical (unpaired) electrons. The topological polar surface area (TPSA) is 26.0 Å². The Morgan fingerprint density at radius 1 is 1.38 bits per heavy atom. The number of rotatable bonds is 1. The number of halogens is 1. The van der Waals surface area contributed by atoms with Crippen LogP contribution in [0.1, 0.15) is 5.56 Å². The van der Waals surface area contributed by atoms with Gasteiger partial charge in [0.15, 0.2) is 5.58 Å². The molecule has 0 aliphatic rings. The lowest BCUT2D eigenvalue weighted by Gasteiger charge is -1.93. The quantitative estimate of drug-likeness (QED) is 0.654. The fraction of sp³-hybridized carbons (Fsp3) is 0.0833. The fourth-order valence-electron chi connectivity index (χ4n) is 1.63. The van der Waals surface area contributed by atoms with E-state index >= 15 is 0 Å². The maximum absolute atomic E-state index is 5.75. The van der Waals surface area contributed by atoms with Crippen molar-refractivity contribution in [2.45, 2.75) is 6.92 Å². The molecule has 0 unspecified atom stereocenters.